The number of amides is 1. The number of thiazole rings is 1. The van der Waals surface area contributed by atoms with E-state index in [1.807, 2.05) is 12.3 Å². The molecule has 1 aliphatic carbocycles. The van der Waals surface area contributed by atoms with Crippen LogP contribution in [0, 0.1) is 12.8 Å². The number of carbonyl (C=O) groups is 2. The molecular weight excluding hydrogens is 300 g/mol. The van der Waals surface area contributed by atoms with Crippen LogP contribution in [0.2, 0.25) is 0 Å². The number of aromatic nitrogens is 1. The minimum atomic E-state index is -0.999. The molecule has 0 spiro atoms. The fourth-order valence-corrected chi connectivity index (χ4v) is 3.25. The molecule has 0 aliphatic heterocycles. The summed E-state index contributed by atoms with van der Waals surface area (Å²) in [5, 5.41) is 14.8. The van der Waals surface area contributed by atoms with Crippen molar-refractivity contribution in [1.29, 1.82) is 0 Å². The summed E-state index contributed by atoms with van der Waals surface area (Å²) in [6, 6.07) is 5.91. The Morgan fingerprint density at radius 2 is 1.91 bits per heavy atom. The van der Waals surface area contributed by atoms with Gasteiger partial charge in [0, 0.05) is 16.6 Å². The van der Waals surface area contributed by atoms with Crippen molar-refractivity contribution in [1.82, 2.24) is 10.3 Å². The van der Waals surface area contributed by atoms with Crippen LogP contribution in [-0.4, -0.2) is 22.0 Å². The summed E-state index contributed by atoms with van der Waals surface area (Å²) >= 11 is 1.57. The van der Waals surface area contributed by atoms with E-state index in [2.05, 4.69) is 10.3 Å². The van der Waals surface area contributed by atoms with Crippen molar-refractivity contribution in [2.24, 2.45) is 5.92 Å². The lowest BCUT2D eigenvalue weighted by molar-refractivity contribution is 0.0696. The molecule has 114 valence electrons. The van der Waals surface area contributed by atoms with Crippen molar-refractivity contribution in [3.63, 3.8) is 0 Å². The van der Waals surface area contributed by atoms with E-state index in [0.29, 0.717) is 11.5 Å². The monoisotopic (exact) mass is 316 g/mol. The fourth-order valence-electron chi connectivity index (χ4n) is 2.31. The number of aryl methyl sites for hydroxylation is 1. The van der Waals surface area contributed by atoms with E-state index in [0.717, 1.165) is 23.5 Å². The summed E-state index contributed by atoms with van der Waals surface area (Å²) in [4.78, 5) is 27.7. The minimum absolute atomic E-state index is 0.0506. The van der Waals surface area contributed by atoms with Gasteiger partial charge in [-0.15, -0.1) is 11.3 Å². The fraction of sp³-hybridized carbons (Fsp3) is 0.312. The van der Waals surface area contributed by atoms with Gasteiger partial charge in [0.1, 0.15) is 5.01 Å². The zero-order chi connectivity index (χ0) is 15.7. The number of hydrogen-bond acceptors (Lipinski definition) is 4. The number of hydrogen-bond donors (Lipinski definition) is 2. The van der Waals surface area contributed by atoms with Gasteiger partial charge in [0.2, 0.25) is 0 Å². The van der Waals surface area contributed by atoms with Gasteiger partial charge in [0.25, 0.3) is 5.91 Å². The number of carbonyl (C=O) groups excluding carboxylic acids is 1. The third-order valence-corrected chi connectivity index (χ3v) is 4.72. The summed E-state index contributed by atoms with van der Waals surface area (Å²) in [6.45, 7) is 1.94. The molecule has 1 fully saturated rings. The predicted octanol–water partition coefficient (Wildman–Crippen LogP) is 3.03. The molecule has 0 radical (unpaired) electrons. The van der Waals surface area contributed by atoms with Crippen molar-refractivity contribution in [3.05, 3.63) is 51.5 Å². The lowest BCUT2D eigenvalue weighted by atomic mass is 10.1. The van der Waals surface area contributed by atoms with Crippen LogP contribution >= 0.6 is 11.3 Å². The largest absolute Gasteiger partial charge is 0.478 e. The summed E-state index contributed by atoms with van der Waals surface area (Å²) in [5.41, 5.74) is 1.60. The Labute approximate surface area is 132 Å². The molecule has 1 saturated carbocycles. The number of rotatable bonds is 5. The number of nitrogens with one attached hydrogen (secondary N) is 1. The number of nitrogens with zero attached hydrogens (tertiary/aromatic N) is 1. The highest BCUT2D eigenvalue weighted by Crippen LogP contribution is 2.41. The van der Waals surface area contributed by atoms with Crippen LogP contribution in [0.25, 0.3) is 0 Å². The van der Waals surface area contributed by atoms with E-state index in [9.17, 15) is 9.59 Å². The summed E-state index contributed by atoms with van der Waals surface area (Å²) in [6.07, 6.45) is 2.20. The lowest BCUT2D eigenvalue weighted by Crippen LogP contribution is -2.29. The van der Waals surface area contributed by atoms with Gasteiger partial charge < -0.3 is 10.4 Å². The van der Waals surface area contributed by atoms with E-state index >= 15 is 0 Å². The minimum Gasteiger partial charge on any atom is -0.478 e. The van der Waals surface area contributed by atoms with Crippen molar-refractivity contribution in [2.45, 2.75) is 25.8 Å². The molecule has 1 aromatic heterocycles. The molecule has 2 N–H and O–H groups in total. The number of carboxylic acid groups (broad SMARTS) is 1. The maximum atomic E-state index is 12.4. The predicted molar refractivity (Wildman–Crippen MR) is 83.2 cm³/mol. The molecule has 6 heteroatoms. The number of carboxylic acids is 1. The molecule has 1 atom stereocenters. The van der Waals surface area contributed by atoms with Crippen molar-refractivity contribution in [3.8, 4) is 0 Å². The molecule has 1 heterocycles. The summed E-state index contributed by atoms with van der Waals surface area (Å²) < 4.78 is 0. The topological polar surface area (TPSA) is 79.3 Å². The Kier molecular flexibility index (Phi) is 3.94. The number of aromatic carboxylic acids is 1. The zero-order valence-electron chi connectivity index (χ0n) is 12.1. The second-order valence-corrected chi connectivity index (χ2v) is 6.39. The van der Waals surface area contributed by atoms with Crippen LogP contribution in [0.5, 0.6) is 0 Å². The van der Waals surface area contributed by atoms with Crippen LogP contribution in [0.15, 0.2) is 29.6 Å². The normalized spacial score (nSPS) is 15.3. The summed E-state index contributed by atoms with van der Waals surface area (Å²) in [5.74, 6) is -0.740. The maximum Gasteiger partial charge on any atom is 0.335 e. The molecular formula is C16H16N2O3S. The quantitative estimate of drug-likeness (QED) is 0.888. The van der Waals surface area contributed by atoms with Crippen LogP contribution < -0.4 is 5.32 Å². The standard InChI is InChI=1S/C16H16N2O3S/c1-9-8-22-15(17-9)13(10-2-3-10)18-14(19)11-4-6-12(7-5-11)16(20)21/h4-8,10,13H,2-3H2,1H3,(H,18,19)(H,20,21)/t13-/m1/s1. The van der Waals surface area contributed by atoms with E-state index in [4.69, 9.17) is 5.11 Å². The van der Waals surface area contributed by atoms with E-state index < -0.39 is 5.97 Å². The van der Waals surface area contributed by atoms with Gasteiger partial charge in [-0.05, 0) is 49.9 Å². The Hall–Kier alpha value is -2.21. The molecule has 0 bridgehead atoms. The smallest absolute Gasteiger partial charge is 0.335 e. The third-order valence-electron chi connectivity index (χ3n) is 3.68. The van der Waals surface area contributed by atoms with Crippen molar-refractivity contribution < 1.29 is 14.7 Å². The highest BCUT2D eigenvalue weighted by Gasteiger charge is 2.35. The van der Waals surface area contributed by atoms with Gasteiger partial charge in [-0.25, -0.2) is 9.78 Å². The highest BCUT2D eigenvalue weighted by atomic mass is 32.1. The van der Waals surface area contributed by atoms with Crippen LogP contribution in [0.4, 0.5) is 0 Å². The molecule has 0 unspecified atom stereocenters. The van der Waals surface area contributed by atoms with Crippen molar-refractivity contribution >= 4 is 23.2 Å². The second kappa shape index (κ2) is 5.88. The summed E-state index contributed by atoms with van der Waals surface area (Å²) in [7, 11) is 0. The van der Waals surface area contributed by atoms with Gasteiger partial charge in [-0.3, -0.25) is 4.79 Å². The van der Waals surface area contributed by atoms with E-state index in [1.54, 1.807) is 11.3 Å². The first-order valence-corrected chi connectivity index (χ1v) is 7.99. The first kappa shape index (κ1) is 14.7. The first-order chi connectivity index (χ1) is 10.5. The SMILES string of the molecule is Cc1csc([C@H](NC(=O)c2ccc(C(=O)O)cc2)C2CC2)n1. The molecule has 1 aromatic carbocycles. The average Bonchev–Trinajstić information content (AvgIpc) is 3.26. The highest BCUT2D eigenvalue weighted by molar-refractivity contribution is 7.09. The zero-order valence-corrected chi connectivity index (χ0v) is 12.9. The van der Waals surface area contributed by atoms with Gasteiger partial charge >= 0.3 is 5.97 Å². The Morgan fingerprint density at radius 1 is 1.27 bits per heavy atom. The van der Waals surface area contributed by atoms with Gasteiger partial charge in [-0.2, -0.15) is 0 Å². The third kappa shape index (κ3) is 3.17. The molecule has 5 nitrogen and oxygen atoms in total. The van der Waals surface area contributed by atoms with Crippen LogP contribution in [0.3, 0.4) is 0 Å². The molecule has 0 saturated heterocycles. The van der Waals surface area contributed by atoms with E-state index in [1.165, 1.54) is 24.3 Å². The molecule has 3 rings (SSSR count). The van der Waals surface area contributed by atoms with Crippen LogP contribution in [-0.2, 0) is 0 Å². The molecule has 2 aromatic rings. The van der Waals surface area contributed by atoms with Gasteiger partial charge in [0.15, 0.2) is 0 Å². The lowest BCUT2D eigenvalue weighted by Gasteiger charge is -2.16. The molecule has 1 aliphatic rings. The second-order valence-electron chi connectivity index (χ2n) is 5.50. The Bertz CT molecular complexity index is 704. The van der Waals surface area contributed by atoms with Crippen LogP contribution in [0.1, 0.15) is 50.3 Å². The Morgan fingerprint density at radius 3 is 2.41 bits per heavy atom. The van der Waals surface area contributed by atoms with E-state index in [-0.39, 0.29) is 17.5 Å². The number of benzene rings is 1. The molecule has 1 amide bonds. The maximum absolute atomic E-state index is 12.4. The first-order valence-electron chi connectivity index (χ1n) is 7.11. The Balaban J connectivity index is 1.75. The molecule has 22 heavy (non-hydrogen) atoms. The van der Waals surface area contributed by atoms with Gasteiger partial charge in [-0.1, -0.05) is 0 Å². The van der Waals surface area contributed by atoms with Crippen molar-refractivity contribution in [2.75, 3.05) is 0 Å². The average molecular weight is 316 g/mol. The van der Waals surface area contributed by atoms with Gasteiger partial charge in [0.05, 0.1) is 11.6 Å².